The molecule has 0 aliphatic carbocycles. The number of anilines is 3. The molecule has 8 aromatic carbocycles. The quantitative estimate of drug-likeness (QED) is 0.178. The van der Waals surface area contributed by atoms with E-state index in [9.17, 15) is 0 Å². The average molecular weight is 700 g/mol. The van der Waals surface area contributed by atoms with Gasteiger partial charge in [0.2, 0.25) is 0 Å². The molecule has 0 spiro atoms. The number of fused-ring (bicyclic) bond motifs is 9. The summed E-state index contributed by atoms with van der Waals surface area (Å²) in [4.78, 5) is 2.42. The maximum absolute atomic E-state index is 6.50. The zero-order chi connectivity index (χ0) is 34.2. The van der Waals surface area contributed by atoms with Crippen molar-refractivity contribution < 1.29 is 4.42 Å². The van der Waals surface area contributed by atoms with Crippen molar-refractivity contribution in [2.45, 2.75) is 0 Å². The molecular formula is C48H29NOS2. The van der Waals surface area contributed by atoms with E-state index in [-0.39, 0.29) is 0 Å². The van der Waals surface area contributed by atoms with Crippen molar-refractivity contribution in [1.29, 1.82) is 0 Å². The molecule has 0 unspecified atom stereocenters. The van der Waals surface area contributed by atoms with Crippen LogP contribution in [0.3, 0.4) is 0 Å². The minimum absolute atomic E-state index is 0.907. The monoisotopic (exact) mass is 699 g/mol. The lowest BCUT2D eigenvalue weighted by atomic mass is 9.98. The number of benzene rings is 8. The molecule has 0 aliphatic rings. The number of furan rings is 1. The molecule has 0 fully saturated rings. The summed E-state index contributed by atoms with van der Waals surface area (Å²) < 4.78 is 11.7. The Labute approximate surface area is 308 Å². The summed E-state index contributed by atoms with van der Waals surface area (Å²) in [6.45, 7) is 0. The Morgan fingerprint density at radius 2 is 0.981 bits per heavy atom. The molecule has 52 heavy (non-hydrogen) atoms. The maximum Gasteiger partial charge on any atom is 0.143 e. The maximum atomic E-state index is 6.50. The fourth-order valence-electron chi connectivity index (χ4n) is 7.96. The molecule has 0 saturated heterocycles. The minimum Gasteiger partial charge on any atom is -0.455 e. The first-order valence-electron chi connectivity index (χ1n) is 17.5. The highest BCUT2D eigenvalue weighted by molar-refractivity contribution is 7.26. The van der Waals surface area contributed by atoms with E-state index in [1.807, 2.05) is 34.8 Å². The first kappa shape index (κ1) is 29.5. The van der Waals surface area contributed by atoms with Crippen LogP contribution in [0.4, 0.5) is 17.1 Å². The Hall–Kier alpha value is -6.20. The standard InChI is InChI=1S/C48H29NOS2/c1-4-20-41-36(13-1)37-18-8-17-35(48(37)50-41)31-11-7-12-33(29-31)49(40-19-10-24-45-47(40)39-15-3-6-22-43(39)52-45)32-27-25-30(26-28-32)34-16-9-23-44-46(34)38-14-2-5-21-42(38)51-44/h1-29H. The lowest BCUT2D eigenvalue weighted by Crippen LogP contribution is -2.10. The van der Waals surface area contributed by atoms with Crippen LogP contribution in [-0.4, -0.2) is 0 Å². The van der Waals surface area contributed by atoms with Gasteiger partial charge in [-0.25, -0.2) is 0 Å². The summed E-state index contributed by atoms with van der Waals surface area (Å²) in [5, 5.41) is 7.46. The highest BCUT2D eigenvalue weighted by Gasteiger charge is 2.20. The normalized spacial score (nSPS) is 11.8. The Balaban J connectivity index is 1.11. The number of para-hydroxylation sites is 2. The highest BCUT2D eigenvalue weighted by atomic mass is 32.1. The first-order chi connectivity index (χ1) is 25.8. The van der Waals surface area contributed by atoms with Crippen LogP contribution in [0.1, 0.15) is 0 Å². The molecule has 11 rings (SSSR count). The number of thiophene rings is 2. The van der Waals surface area contributed by atoms with E-state index in [4.69, 9.17) is 4.42 Å². The van der Waals surface area contributed by atoms with Crippen LogP contribution in [0, 0.1) is 0 Å². The van der Waals surface area contributed by atoms with Crippen LogP contribution in [0.15, 0.2) is 180 Å². The summed E-state index contributed by atoms with van der Waals surface area (Å²) in [5.41, 5.74) is 9.85. The van der Waals surface area contributed by atoms with Crippen molar-refractivity contribution in [3.63, 3.8) is 0 Å². The number of nitrogens with zero attached hydrogens (tertiary/aromatic N) is 1. The van der Waals surface area contributed by atoms with Crippen LogP contribution in [0.5, 0.6) is 0 Å². The number of rotatable bonds is 5. The van der Waals surface area contributed by atoms with Crippen LogP contribution >= 0.6 is 22.7 Å². The lowest BCUT2D eigenvalue weighted by molar-refractivity contribution is 0.670. The van der Waals surface area contributed by atoms with Gasteiger partial charge in [0.25, 0.3) is 0 Å². The van der Waals surface area contributed by atoms with Gasteiger partial charge in [-0.3, -0.25) is 0 Å². The van der Waals surface area contributed by atoms with Crippen LogP contribution in [0.2, 0.25) is 0 Å². The average Bonchev–Trinajstić information content (AvgIpc) is 3.90. The largest absolute Gasteiger partial charge is 0.455 e. The fraction of sp³-hybridized carbons (Fsp3) is 0. The van der Waals surface area contributed by atoms with Gasteiger partial charge in [-0.05, 0) is 77.4 Å². The first-order valence-corrected chi connectivity index (χ1v) is 19.1. The van der Waals surface area contributed by atoms with E-state index in [1.54, 1.807) is 0 Å². The molecule has 0 aliphatic heterocycles. The molecule has 244 valence electrons. The van der Waals surface area contributed by atoms with Crippen LogP contribution in [-0.2, 0) is 0 Å². The Morgan fingerprint density at radius 3 is 1.79 bits per heavy atom. The van der Waals surface area contributed by atoms with Crippen molar-refractivity contribution in [2.75, 3.05) is 4.90 Å². The van der Waals surface area contributed by atoms with Gasteiger partial charge in [0, 0.05) is 68.1 Å². The lowest BCUT2D eigenvalue weighted by Gasteiger charge is -2.27. The minimum atomic E-state index is 0.907. The van der Waals surface area contributed by atoms with Crippen LogP contribution < -0.4 is 4.90 Å². The molecule has 0 bridgehead atoms. The second-order valence-corrected chi connectivity index (χ2v) is 15.4. The van der Waals surface area contributed by atoms with Gasteiger partial charge in [-0.2, -0.15) is 0 Å². The summed E-state index contributed by atoms with van der Waals surface area (Å²) in [5.74, 6) is 0. The molecule has 11 aromatic rings. The van der Waals surface area contributed by atoms with Crippen LogP contribution in [0.25, 0.3) is 84.5 Å². The van der Waals surface area contributed by atoms with Gasteiger partial charge in [0.05, 0.1) is 5.69 Å². The van der Waals surface area contributed by atoms with E-state index < -0.39 is 0 Å². The molecule has 0 N–H and O–H groups in total. The molecule has 3 aromatic heterocycles. The molecular weight excluding hydrogens is 671 g/mol. The molecule has 4 heteroatoms. The zero-order valence-corrected chi connectivity index (χ0v) is 29.5. The van der Waals surface area contributed by atoms with Gasteiger partial charge < -0.3 is 9.32 Å². The second kappa shape index (κ2) is 11.7. The van der Waals surface area contributed by atoms with E-state index in [0.717, 1.165) is 50.1 Å². The van der Waals surface area contributed by atoms with Crippen molar-refractivity contribution >= 4 is 102 Å². The van der Waals surface area contributed by atoms with E-state index >= 15 is 0 Å². The SMILES string of the molecule is c1cc(-c2cccc3c2oc2ccccc23)cc(N(c2ccc(-c3cccc4sc5ccccc5c34)cc2)c2cccc3sc4ccccc4c23)c1. The second-order valence-electron chi connectivity index (χ2n) is 13.2. The Bertz CT molecular complexity index is 3150. The summed E-state index contributed by atoms with van der Waals surface area (Å²) in [6, 6.07) is 63.7. The summed E-state index contributed by atoms with van der Waals surface area (Å²) in [7, 11) is 0. The third kappa shape index (κ3) is 4.55. The van der Waals surface area contributed by atoms with E-state index in [2.05, 4.69) is 169 Å². The summed E-state index contributed by atoms with van der Waals surface area (Å²) >= 11 is 3.71. The van der Waals surface area contributed by atoms with E-state index in [0.29, 0.717) is 0 Å². The molecule has 3 heterocycles. The van der Waals surface area contributed by atoms with Gasteiger partial charge >= 0.3 is 0 Å². The van der Waals surface area contributed by atoms with E-state index in [1.165, 1.54) is 51.5 Å². The fourth-order valence-corrected chi connectivity index (χ4v) is 10.2. The summed E-state index contributed by atoms with van der Waals surface area (Å²) in [6.07, 6.45) is 0. The van der Waals surface area contributed by atoms with Crippen molar-refractivity contribution in [3.05, 3.63) is 176 Å². The molecule has 0 saturated carbocycles. The van der Waals surface area contributed by atoms with Crippen molar-refractivity contribution in [1.82, 2.24) is 0 Å². The van der Waals surface area contributed by atoms with Gasteiger partial charge in [0.1, 0.15) is 11.2 Å². The smallest absolute Gasteiger partial charge is 0.143 e. The molecule has 0 amide bonds. The predicted molar refractivity (Wildman–Crippen MR) is 225 cm³/mol. The topological polar surface area (TPSA) is 16.4 Å². The predicted octanol–water partition coefficient (Wildman–Crippen LogP) is 15.1. The van der Waals surface area contributed by atoms with Crippen molar-refractivity contribution in [2.24, 2.45) is 0 Å². The molecule has 2 nitrogen and oxygen atoms in total. The van der Waals surface area contributed by atoms with Crippen molar-refractivity contribution in [3.8, 4) is 22.3 Å². The molecule has 0 radical (unpaired) electrons. The molecule has 0 atom stereocenters. The zero-order valence-electron chi connectivity index (χ0n) is 27.9. The van der Waals surface area contributed by atoms with Gasteiger partial charge in [-0.1, -0.05) is 115 Å². The van der Waals surface area contributed by atoms with Gasteiger partial charge in [0.15, 0.2) is 0 Å². The third-order valence-corrected chi connectivity index (χ3v) is 12.6. The number of hydrogen-bond donors (Lipinski definition) is 0. The van der Waals surface area contributed by atoms with Gasteiger partial charge in [-0.15, -0.1) is 22.7 Å². The number of hydrogen-bond acceptors (Lipinski definition) is 4. The third-order valence-electron chi connectivity index (χ3n) is 10.3. The highest BCUT2D eigenvalue weighted by Crippen LogP contribution is 2.47. The Morgan fingerprint density at radius 1 is 0.385 bits per heavy atom. The Kier molecular flexibility index (Phi) is 6.63.